The van der Waals surface area contributed by atoms with E-state index in [1.165, 1.54) is 12.1 Å². The maximum absolute atomic E-state index is 4.97. The molecule has 4 nitrogen and oxygen atoms in total. The summed E-state index contributed by atoms with van der Waals surface area (Å²) in [4.78, 5) is 0. The van der Waals surface area contributed by atoms with Gasteiger partial charge in [-0.3, -0.25) is 4.68 Å². The van der Waals surface area contributed by atoms with Crippen LogP contribution in [0.4, 0.5) is 0 Å². The fourth-order valence-electron chi connectivity index (χ4n) is 1.70. The maximum atomic E-state index is 4.97. The molecule has 1 aromatic rings. The van der Waals surface area contributed by atoms with Crippen LogP contribution >= 0.6 is 15.9 Å². The number of rotatable bonds is 8. The first kappa shape index (κ1) is 14.7. The van der Waals surface area contributed by atoms with E-state index in [4.69, 9.17) is 4.74 Å². The maximum Gasteiger partial charge on any atom is 0.0738 e. The molecule has 0 aromatic carbocycles. The van der Waals surface area contributed by atoms with Gasteiger partial charge in [-0.05, 0) is 49.2 Å². The molecule has 0 unspecified atom stereocenters. The van der Waals surface area contributed by atoms with Crippen molar-refractivity contribution in [1.29, 1.82) is 0 Å². The number of nitrogens with one attached hydrogen (secondary N) is 1. The zero-order chi connectivity index (χ0) is 12.7. The highest BCUT2D eigenvalue weighted by atomic mass is 79.9. The zero-order valence-electron chi connectivity index (χ0n) is 10.9. The predicted octanol–water partition coefficient (Wildman–Crippen LogP) is 2.28. The molecular weight excluding hydrogens is 282 g/mol. The number of methoxy groups -OCH3 is 1. The van der Waals surface area contributed by atoms with Gasteiger partial charge in [0.15, 0.2) is 0 Å². The van der Waals surface area contributed by atoms with Crippen molar-refractivity contribution < 1.29 is 4.74 Å². The average Bonchev–Trinajstić information content (AvgIpc) is 2.56. The smallest absolute Gasteiger partial charge is 0.0738 e. The Balaban J connectivity index is 2.16. The van der Waals surface area contributed by atoms with Gasteiger partial charge < -0.3 is 10.1 Å². The molecule has 0 aliphatic carbocycles. The molecule has 17 heavy (non-hydrogen) atoms. The third-order valence-electron chi connectivity index (χ3n) is 2.75. The zero-order valence-corrected chi connectivity index (χ0v) is 12.5. The van der Waals surface area contributed by atoms with Crippen molar-refractivity contribution in [1.82, 2.24) is 15.1 Å². The number of aromatic nitrogens is 2. The molecule has 0 saturated carbocycles. The van der Waals surface area contributed by atoms with Gasteiger partial charge in [-0.1, -0.05) is 0 Å². The first-order valence-electron chi connectivity index (χ1n) is 6.06. The summed E-state index contributed by atoms with van der Waals surface area (Å²) in [6.45, 7) is 7.88. The summed E-state index contributed by atoms with van der Waals surface area (Å²) >= 11 is 3.54. The van der Waals surface area contributed by atoms with Crippen molar-refractivity contribution in [2.75, 3.05) is 26.8 Å². The van der Waals surface area contributed by atoms with E-state index in [1.54, 1.807) is 7.11 Å². The molecule has 1 rings (SSSR count). The van der Waals surface area contributed by atoms with Gasteiger partial charge in [0.2, 0.25) is 0 Å². The van der Waals surface area contributed by atoms with Gasteiger partial charge in [0.05, 0.1) is 16.8 Å². The van der Waals surface area contributed by atoms with E-state index >= 15 is 0 Å². The molecule has 0 aliphatic rings. The van der Waals surface area contributed by atoms with Gasteiger partial charge in [-0.2, -0.15) is 5.10 Å². The third-order valence-corrected chi connectivity index (χ3v) is 3.90. The van der Waals surface area contributed by atoms with Crippen LogP contribution in [0.1, 0.15) is 24.2 Å². The lowest BCUT2D eigenvalue weighted by Crippen LogP contribution is -2.20. The molecule has 1 N–H and O–H groups in total. The van der Waals surface area contributed by atoms with Crippen LogP contribution in [0.3, 0.4) is 0 Å². The van der Waals surface area contributed by atoms with Crippen molar-refractivity contribution in [3.63, 3.8) is 0 Å². The Kier molecular flexibility index (Phi) is 6.77. The second kappa shape index (κ2) is 7.84. The van der Waals surface area contributed by atoms with E-state index in [0.29, 0.717) is 0 Å². The predicted molar refractivity (Wildman–Crippen MR) is 73.4 cm³/mol. The molecule has 0 radical (unpaired) electrons. The summed E-state index contributed by atoms with van der Waals surface area (Å²) in [5.74, 6) is 0. The van der Waals surface area contributed by atoms with Crippen molar-refractivity contribution in [3.05, 3.63) is 15.9 Å². The van der Waals surface area contributed by atoms with Crippen LogP contribution in [0.25, 0.3) is 0 Å². The fourth-order valence-corrected chi connectivity index (χ4v) is 1.99. The van der Waals surface area contributed by atoms with Crippen molar-refractivity contribution in [3.8, 4) is 0 Å². The highest BCUT2D eigenvalue weighted by Gasteiger charge is 2.07. The van der Waals surface area contributed by atoms with Crippen molar-refractivity contribution in [2.24, 2.45) is 0 Å². The van der Waals surface area contributed by atoms with E-state index < -0.39 is 0 Å². The Hall–Kier alpha value is -0.390. The van der Waals surface area contributed by atoms with Gasteiger partial charge in [-0.25, -0.2) is 0 Å². The van der Waals surface area contributed by atoms with E-state index in [0.717, 1.165) is 42.8 Å². The molecule has 5 heteroatoms. The van der Waals surface area contributed by atoms with Crippen LogP contribution in [0.2, 0.25) is 0 Å². The molecule has 1 aromatic heterocycles. The Morgan fingerprint density at radius 3 is 2.65 bits per heavy atom. The minimum atomic E-state index is 0.782. The van der Waals surface area contributed by atoms with Crippen molar-refractivity contribution in [2.45, 2.75) is 33.2 Å². The van der Waals surface area contributed by atoms with Gasteiger partial charge in [0.1, 0.15) is 0 Å². The largest absolute Gasteiger partial charge is 0.383 e. The standard InChI is InChI=1S/C12H22BrN3O/c1-10-12(13)11(2)16(15-10)8-5-4-6-14-7-9-17-3/h14H,4-9H2,1-3H3. The van der Waals surface area contributed by atoms with Gasteiger partial charge >= 0.3 is 0 Å². The molecule has 0 spiro atoms. The summed E-state index contributed by atoms with van der Waals surface area (Å²) < 4.78 is 8.18. The molecule has 0 bridgehead atoms. The number of nitrogens with zero attached hydrogens (tertiary/aromatic N) is 2. The van der Waals surface area contributed by atoms with E-state index in [2.05, 4.69) is 38.0 Å². The topological polar surface area (TPSA) is 39.1 Å². The monoisotopic (exact) mass is 303 g/mol. The lowest BCUT2D eigenvalue weighted by atomic mass is 10.3. The number of hydrogen-bond donors (Lipinski definition) is 1. The minimum Gasteiger partial charge on any atom is -0.383 e. The van der Waals surface area contributed by atoms with Gasteiger partial charge in [0, 0.05) is 25.9 Å². The number of unbranched alkanes of at least 4 members (excludes halogenated alkanes) is 1. The first-order chi connectivity index (χ1) is 8.16. The van der Waals surface area contributed by atoms with Crippen LogP contribution in [0.15, 0.2) is 4.47 Å². The summed E-state index contributed by atoms with van der Waals surface area (Å²) in [6.07, 6.45) is 2.31. The molecule has 0 amide bonds. The van der Waals surface area contributed by atoms with Gasteiger partial charge in [0.25, 0.3) is 0 Å². The lowest BCUT2D eigenvalue weighted by molar-refractivity contribution is 0.199. The molecule has 0 fully saturated rings. The quantitative estimate of drug-likeness (QED) is 0.749. The van der Waals surface area contributed by atoms with E-state index in [9.17, 15) is 0 Å². The molecule has 1 heterocycles. The average molecular weight is 304 g/mol. The van der Waals surface area contributed by atoms with Crippen LogP contribution < -0.4 is 5.32 Å². The Morgan fingerprint density at radius 2 is 2.06 bits per heavy atom. The third kappa shape index (κ3) is 4.77. The van der Waals surface area contributed by atoms with Gasteiger partial charge in [-0.15, -0.1) is 0 Å². The molecule has 0 aliphatic heterocycles. The fraction of sp³-hybridized carbons (Fsp3) is 0.750. The summed E-state index contributed by atoms with van der Waals surface area (Å²) in [6, 6.07) is 0. The number of hydrogen-bond acceptors (Lipinski definition) is 3. The Labute approximate surface area is 112 Å². The SMILES string of the molecule is COCCNCCCCn1nc(C)c(Br)c1C. The van der Waals surface area contributed by atoms with Crippen molar-refractivity contribution >= 4 is 15.9 Å². The first-order valence-corrected chi connectivity index (χ1v) is 6.85. The summed E-state index contributed by atoms with van der Waals surface area (Å²) in [5.41, 5.74) is 2.29. The van der Waals surface area contributed by atoms with Crippen LogP contribution in [-0.2, 0) is 11.3 Å². The second-order valence-electron chi connectivity index (χ2n) is 4.16. The molecular formula is C12H22BrN3O. The molecule has 98 valence electrons. The van der Waals surface area contributed by atoms with Crippen LogP contribution in [-0.4, -0.2) is 36.6 Å². The Bertz CT molecular complexity index is 339. The normalized spacial score (nSPS) is 11.1. The summed E-state index contributed by atoms with van der Waals surface area (Å²) in [7, 11) is 1.72. The highest BCUT2D eigenvalue weighted by Crippen LogP contribution is 2.19. The van der Waals surface area contributed by atoms with Crippen LogP contribution in [0, 0.1) is 13.8 Å². The highest BCUT2D eigenvalue weighted by molar-refractivity contribution is 9.10. The number of ether oxygens (including phenoxy) is 1. The van der Waals surface area contributed by atoms with E-state index in [-0.39, 0.29) is 0 Å². The minimum absolute atomic E-state index is 0.782. The number of aryl methyl sites for hydroxylation is 2. The summed E-state index contributed by atoms with van der Waals surface area (Å²) in [5, 5.41) is 7.83. The second-order valence-corrected chi connectivity index (χ2v) is 4.95. The van der Waals surface area contributed by atoms with E-state index in [1.807, 2.05) is 6.92 Å². The number of halogens is 1. The van der Waals surface area contributed by atoms with Crippen LogP contribution in [0.5, 0.6) is 0 Å². The Morgan fingerprint density at radius 1 is 1.29 bits per heavy atom. The molecule has 0 atom stereocenters. The molecule has 0 saturated heterocycles. The lowest BCUT2D eigenvalue weighted by Gasteiger charge is -2.05.